The molecule has 252 valence electrons. The molecule has 0 amide bonds. The van der Waals surface area contributed by atoms with Crippen LogP contribution in [0.1, 0.15) is 0 Å². The number of rotatable bonds is 5. The quantitative estimate of drug-likeness (QED) is 0.180. The average molecular weight is 689 g/mol. The van der Waals surface area contributed by atoms with Crippen LogP contribution in [0.4, 0.5) is 0 Å². The highest BCUT2D eigenvalue weighted by atomic mass is 15.1. The van der Waals surface area contributed by atoms with Gasteiger partial charge in [-0.15, -0.1) is 0 Å². The Bertz CT molecular complexity index is 3130. The van der Waals surface area contributed by atoms with Gasteiger partial charge in [-0.1, -0.05) is 146 Å². The van der Waals surface area contributed by atoms with Crippen LogP contribution in [0.25, 0.3) is 99.8 Å². The van der Waals surface area contributed by atoms with Gasteiger partial charge in [0.1, 0.15) is 5.65 Å². The lowest BCUT2D eigenvalue weighted by atomic mass is 10.0. The molecule has 0 radical (unpaired) electrons. The van der Waals surface area contributed by atoms with Crippen LogP contribution in [0.15, 0.2) is 194 Å². The molecule has 54 heavy (non-hydrogen) atoms. The van der Waals surface area contributed by atoms with E-state index in [1.165, 1.54) is 38.2 Å². The summed E-state index contributed by atoms with van der Waals surface area (Å²) in [6.07, 6.45) is 0. The molecule has 0 atom stereocenters. The minimum Gasteiger partial charge on any atom is -0.293 e. The van der Waals surface area contributed by atoms with Crippen molar-refractivity contribution in [1.29, 1.82) is 0 Å². The Morgan fingerprint density at radius 3 is 1.65 bits per heavy atom. The minimum absolute atomic E-state index is 0.699. The smallest absolute Gasteiger partial charge is 0.160 e. The third-order valence-electron chi connectivity index (χ3n) is 10.7. The Morgan fingerprint density at radius 1 is 0.352 bits per heavy atom. The summed E-state index contributed by atoms with van der Waals surface area (Å²) in [5.41, 5.74) is 12.9. The zero-order valence-corrected chi connectivity index (χ0v) is 29.3. The predicted octanol–water partition coefficient (Wildman–Crippen LogP) is 12.8. The van der Waals surface area contributed by atoms with E-state index in [1.807, 2.05) is 0 Å². The van der Waals surface area contributed by atoms with E-state index in [2.05, 4.69) is 203 Å². The normalized spacial score (nSPS) is 11.7. The highest BCUT2D eigenvalue weighted by Gasteiger charge is 2.22. The first kappa shape index (κ1) is 30.3. The Morgan fingerprint density at radius 2 is 0.907 bits per heavy atom. The molecule has 4 heteroatoms. The second-order valence-electron chi connectivity index (χ2n) is 13.9. The molecule has 4 nitrogen and oxygen atoms in total. The zero-order chi connectivity index (χ0) is 35.6. The molecule has 0 aliphatic heterocycles. The van der Waals surface area contributed by atoms with E-state index in [9.17, 15) is 0 Å². The number of hydrogen-bond acceptors (Lipinski definition) is 2. The molecule has 11 rings (SSSR count). The van der Waals surface area contributed by atoms with E-state index in [-0.39, 0.29) is 0 Å². The number of benzene rings is 8. The Balaban J connectivity index is 1.15. The molecule has 0 saturated carbocycles. The molecule has 0 bridgehead atoms. The van der Waals surface area contributed by atoms with E-state index in [0.717, 1.165) is 55.8 Å². The van der Waals surface area contributed by atoms with E-state index in [0.29, 0.717) is 5.82 Å². The molecule has 0 aliphatic carbocycles. The molecular formula is C50H32N4. The third kappa shape index (κ3) is 4.85. The first-order chi connectivity index (χ1) is 26.8. The van der Waals surface area contributed by atoms with Crippen molar-refractivity contribution >= 4 is 49.1 Å². The van der Waals surface area contributed by atoms with Crippen LogP contribution in [0.2, 0.25) is 0 Å². The molecule has 0 aliphatic rings. The maximum Gasteiger partial charge on any atom is 0.160 e. The van der Waals surface area contributed by atoms with Crippen molar-refractivity contribution in [3.05, 3.63) is 194 Å². The van der Waals surface area contributed by atoms with Gasteiger partial charge in [0.25, 0.3) is 0 Å². The van der Waals surface area contributed by atoms with Crippen molar-refractivity contribution in [2.45, 2.75) is 0 Å². The van der Waals surface area contributed by atoms with E-state index < -0.39 is 0 Å². The topological polar surface area (TPSA) is 35.1 Å². The fourth-order valence-electron chi connectivity index (χ4n) is 8.14. The van der Waals surface area contributed by atoms with Crippen LogP contribution < -0.4 is 0 Å². The number of imidazole rings is 1. The molecule has 3 aromatic heterocycles. The molecule has 8 aromatic carbocycles. The van der Waals surface area contributed by atoms with Crippen LogP contribution >= 0.6 is 0 Å². The molecule has 0 fully saturated rings. The fourth-order valence-corrected chi connectivity index (χ4v) is 8.14. The fraction of sp³-hybridized carbons (Fsp3) is 0. The predicted molar refractivity (Wildman–Crippen MR) is 224 cm³/mol. The average Bonchev–Trinajstić information content (AvgIpc) is 3.76. The Labute approximate surface area is 311 Å². The van der Waals surface area contributed by atoms with Gasteiger partial charge in [0.15, 0.2) is 5.82 Å². The summed E-state index contributed by atoms with van der Waals surface area (Å²) >= 11 is 0. The molecule has 0 spiro atoms. The van der Waals surface area contributed by atoms with Gasteiger partial charge < -0.3 is 0 Å². The molecule has 0 saturated heterocycles. The van der Waals surface area contributed by atoms with Crippen LogP contribution in [-0.4, -0.2) is 18.9 Å². The number of fused-ring (bicyclic) bond motifs is 7. The number of hydrogen-bond donors (Lipinski definition) is 0. The monoisotopic (exact) mass is 688 g/mol. The first-order valence-corrected chi connectivity index (χ1v) is 18.3. The van der Waals surface area contributed by atoms with Gasteiger partial charge in [0.05, 0.1) is 27.9 Å². The van der Waals surface area contributed by atoms with Gasteiger partial charge in [0, 0.05) is 33.3 Å². The van der Waals surface area contributed by atoms with Crippen molar-refractivity contribution < 1.29 is 0 Å². The maximum absolute atomic E-state index is 5.29. The first-order valence-electron chi connectivity index (χ1n) is 18.3. The van der Waals surface area contributed by atoms with Crippen LogP contribution in [-0.2, 0) is 0 Å². The van der Waals surface area contributed by atoms with Crippen molar-refractivity contribution in [3.8, 4) is 50.7 Å². The largest absolute Gasteiger partial charge is 0.293 e. The third-order valence-corrected chi connectivity index (χ3v) is 10.7. The maximum atomic E-state index is 5.29. The summed E-state index contributed by atoms with van der Waals surface area (Å²) in [5.74, 6) is 0.699. The number of nitrogens with zero attached hydrogens (tertiary/aromatic N) is 4. The highest BCUT2D eigenvalue weighted by molar-refractivity contribution is 6.09. The molecule has 0 unspecified atom stereocenters. The van der Waals surface area contributed by atoms with Crippen molar-refractivity contribution in [3.63, 3.8) is 0 Å². The molecule has 11 aromatic rings. The van der Waals surface area contributed by atoms with Gasteiger partial charge in [-0.3, -0.25) is 8.97 Å². The number of para-hydroxylation sites is 3. The second-order valence-corrected chi connectivity index (χ2v) is 13.9. The summed E-state index contributed by atoms with van der Waals surface area (Å²) in [5, 5.41) is 5.97. The second kappa shape index (κ2) is 12.1. The van der Waals surface area contributed by atoms with Crippen molar-refractivity contribution in [2.24, 2.45) is 0 Å². The van der Waals surface area contributed by atoms with Crippen LogP contribution in [0.3, 0.4) is 0 Å². The van der Waals surface area contributed by atoms with Gasteiger partial charge in [0.2, 0.25) is 0 Å². The summed E-state index contributed by atoms with van der Waals surface area (Å²) in [4.78, 5) is 10.5. The number of aromatic nitrogens is 4. The lowest BCUT2D eigenvalue weighted by molar-refractivity contribution is 1.14. The summed E-state index contributed by atoms with van der Waals surface area (Å²) in [7, 11) is 0. The molecule has 3 heterocycles. The van der Waals surface area contributed by atoms with E-state index in [4.69, 9.17) is 9.97 Å². The summed E-state index contributed by atoms with van der Waals surface area (Å²) in [6.45, 7) is 0. The van der Waals surface area contributed by atoms with Gasteiger partial charge >= 0.3 is 0 Å². The summed E-state index contributed by atoms with van der Waals surface area (Å²) < 4.78 is 4.83. The SMILES string of the molecule is c1ccc(-c2c3ccccc3n3c4ccccc4n(-c4cccc(-c5cc(-c6ccc7ccccc7c6)nc(-c6ccc7ccccc7c6)n5)c4)c23)cc1. The highest BCUT2D eigenvalue weighted by Crippen LogP contribution is 2.41. The van der Waals surface area contributed by atoms with Gasteiger partial charge in [-0.2, -0.15) is 0 Å². The summed E-state index contributed by atoms with van der Waals surface area (Å²) in [6, 6.07) is 69.1. The minimum atomic E-state index is 0.699. The molecule has 0 N–H and O–H groups in total. The van der Waals surface area contributed by atoms with Crippen LogP contribution in [0.5, 0.6) is 0 Å². The van der Waals surface area contributed by atoms with E-state index >= 15 is 0 Å². The lowest BCUT2D eigenvalue weighted by Crippen LogP contribution is -1.98. The Kier molecular flexibility index (Phi) is 6.82. The van der Waals surface area contributed by atoms with E-state index in [1.54, 1.807) is 0 Å². The lowest BCUT2D eigenvalue weighted by Gasteiger charge is -2.13. The van der Waals surface area contributed by atoms with Crippen LogP contribution in [0, 0.1) is 0 Å². The van der Waals surface area contributed by atoms with Gasteiger partial charge in [-0.05, 0) is 75.6 Å². The Hall–Kier alpha value is -7.30. The molecular weight excluding hydrogens is 657 g/mol. The van der Waals surface area contributed by atoms with Crippen molar-refractivity contribution in [1.82, 2.24) is 18.9 Å². The zero-order valence-electron chi connectivity index (χ0n) is 29.3. The van der Waals surface area contributed by atoms with Crippen molar-refractivity contribution in [2.75, 3.05) is 0 Å². The standard InChI is InChI=1S/C50H32N4/c1-2-15-35(16-3-1)48-42-21-8-9-22-45(42)54-47-24-11-10-23-46(47)53(50(48)54)41-20-12-19-38(31-41)43-32-44(39-27-25-33-13-4-6-17-36(33)29-39)52-49(51-43)40-28-26-34-14-5-7-18-37(34)30-40/h1-32H. The van der Waals surface area contributed by atoms with Gasteiger partial charge in [-0.25, -0.2) is 9.97 Å².